The average molecular weight is 258 g/mol. The van der Waals surface area contributed by atoms with Crippen molar-refractivity contribution in [3.05, 3.63) is 0 Å². The summed E-state index contributed by atoms with van der Waals surface area (Å²) in [6.45, 7) is 0.773. The number of aliphatic imine (C=N–C) groups is 1. The van der Waals surface area contributed by atoms with Gasteiger partial charge in [-0.15, -0.1) is 0 Å². The summed E-state index contributed by atoms with van der Waals surface area (Å²) >= 11 is 0. The fraction of sp³-hybridized carbons (Fsp3) is 0.769. The van der Waals surface area contributed by atoms with Gasteiger partial charge in [-0.2, -0.15) is 10.5 Å². The monoisotopic (exact) mass is 258 g/mol. The molecule has 2 aliphatic heterocycles. The van der Waals surface area contributed by atoms with E-state index in [1.807, 2.05) is 0 Å². The lowest BCUT2D eigenvalue weighted by atomic mass is 9.88. The SMILES string of the molecule is N#C[C@]12C3(N=C(N)[C@]1(C#N)C21CCCC1)OCCO3. The van der Waals surface area contributed by atoms with E-state index in [0.29, 0.717) is 13.2 Å². The maximum absolute atomic E-state index is 9.84. The highest BCUT2D eigenvalue weighted by Crippen LogP contribution is 2.89. The van der Waals surface area contributed by atoms with Crippen LogP contribution in [-0.2, 0) is 9.47 Å². The Morgan fingerprint density at radius 1 is 1.11 bits per heavy atom. The summed E-state index contributed by atoms with van der Waals surface area (Å²) in [6, 6.07) is 4.64. The molecule has 0 aromatic rings. The Hall–Kier alpha value is -1.63. The Kier molecular flexibility index (Phi) is 1.73. The van der Waals surface area contributed by atoms with E-state index in [-0.39, 0.29) is 5.84 Å². The third-order valence-electron chi connectivity index (χ3n) is 5.53. The maximum Gasteiger partial charge on any atom is 0.293 e. The van der Waals surface area contributed by atoms with Crippen LogP contribution >= 0.6 is 0 Å². The Morgan fingerprint density at radius 3 is 2.26 bits per heavy atom. The quantitative estimate of drug-likeness (QED) is 0.687. The molecule has 1 saturated heterocycles. The number of amidine groups is 1. The predicted molar refractivity (Wildman–Crippen MR) is 63.3 cm³/mol. The van der Waals surface area contributed by atoms with Crippen molar-refractivity contribution < 1.29 is 9.47 Å². The molecule has 0 radical (unpaired) electrons. The van der Waals surface area contributed by atoms with Crippen LogP contribution in [0.3, 0.4) is 0 Å². The van der Waals surface area contributed by atoms with Gasteiger partial charge in [0.15, 0.2) is 5.41 Å². The number of hydrogen-bond acceptors (Lipinski definition) is 6. The number of fused-ring (bicyclic) bond motifs is 4. The molecule has 0 aromatic carbocycles. The topological polar surface area (TPSA) is 104 Å². The second-order valence-electron chi connectivity index (χ2n) is 5.79. The van der Waals surface area contributed by atoms with E-state index in [0.717, 1.165) is 25.7 Å². The minimum absolute atomic E-state index is 0.223. The summed E-state index contributed by atoms with van der Waals surface area (Å²) < 4.78 is 11.3. The van der Waals surface area contributed by atoms with Gasteiger partial charge < -0.3 is 15.2 Å². The van der Waals surface area contributed by atoms with Gasteiger partial charge in [-0.25, -0.2) is 4.99 Å². The minimum atomic E-state index is -1.34. The number of ether oxygens (including phenoxy) is 2. The van der Waals surface area contributed by atoms with Gasteiger partial charge in [0.2, 0.25) is 0 Å². The molecule has 6 heteroatoms. The zero-order chi connectivity index (χ0) is 13.4. The zero-order valence-corrected chi connectivity index (χ0v) is 10.5. The molecule has 2 saturated carbocycles. The average Bonchev–Trinajstić information content (AvgIpc) is 2.89. The molecule has 98 valence electrons. The van der Waals surface area contributed by atoms with Crippen LogP contribution in [-0.4, -0.2) is 25.0 Å². The summed E-state index contributed by atoms with van der Waals surface area (Å²) in [6.07, 6.45) is 3.66. The van der Waals surface area contributed by atoms with E-state index in [1.54, 1.807) is 0 Å². The largest absolute Gasteiger partial charge is 0.386 e. The lowest BCUT2D eigenvalue weighted by Gasteiger charge is -2.28. The molecule has 19 heavy (non-hydrogen) atoms. The molecule has 3 fully saturated rings. The fourth-order valence-electron chi connectivity index (χ4n) is 4.92. The zero-order valence-electron chi connectivity index (χ0n) is 10.5. The Bertz CT molecular complexity index is 574. The highest BCUT2D eigenvalue weighted by atomic mass is 16.8. The number of nitrogens with two attached hydrogens (primary N) is 1. The van der Waals surface area contributed by atoms with Crippen LogP contribution in [0.15, 0.2) is 4.99 Å². The van der Waals surface area contributed by atoms with Gasteiger partial charge >= 0.3 is 0 Å². The smallest absolute Gasteiger partial charge is 0.293 e. The number of nitriles is 2. The first-order valence-corrected chi connectivity index (χ1v) is 6.63. The van der Waals surface area contributed by atoms with E-state index < -0.39 is 22.2 Å². The highest BCUT2D eigenvalue weighted by Gasteiger charge is 3.00. The van der Waals surface area contributed by atoms with Crippen LogP contribution in [0.4, 0.5) is 0 Å². The van der Waals surface area contributed by atoms with Crippen LogP contribution in [0.5, 0.6) is 0 Å². The lowest BCUT2D eigenvalue weighted by molar-refractivity contribution is -0.192. The summed E-state index contributed by atoms with van der Waals surface area (Å²) in [5.74, 6) is -1.12. The van der Waals surface area contributed by atoms with Gasteiger partial charge in [0, 0.05) is 5.41 Å². The molecular weight excluding hydrogens is 244 g/mol. The highest BCUT2D eigenvalue weighted by molar-refractivity contribution is 6.00. The minimum Gasteiger partial charge on any atom is -0.386 e. The Balaban J connectivity index is 1.99. The van der Waals surface area contributed by atoms with Crippen molar-refractivity contribution in [2.45, 2.75) is 31.6 Å². The van der Waals surface area contributed by atoms with E-state index in [9.17, 15) is 10.5 Å². The Labute approximate surface area is 110 Å². The Morgan fingerprint density at radius 2 is 1.74 bits per heavy atom. The molecule has 2 heterocycles. The second-order valence-corrected chi connectivity index (χ2v) is 5.79. The molecule has 6 nitrogen and oxygen atoms in total. The molecule has 0 unspecified atom stereocenters. The molecule has 4 rings (SSSR count). The molecule has 2 aliphatic carbocycles. The standard InChI is InChI=1S/C13H14N4O2/c14-7-11-9(16)17-13(18-5-6-19-13)12(11,8-15)10(11)3-1-2-4-10/h1-6H2,(H2,16,17)/t11-,12-/m1/s1. The van der Waals surface area contributed by atoms with E-state index >= 15 is 0 Å². The first-order valence-electron chi connectivity index (χ1n) is 6.63. The summed E-state index contributed by atoms with van der Waals surface area (Å²) in [7, 11) is 0. The van der Waals surface area contributed by atoms with Crippen LogP contribution in [0.1, 0.15) is 25.7 Å². The van der Waals surface area contributed by atoms with Crippen LogP contribution in [0, 0.1) is 38.9 Å². The van der Waals surface area contributed by atoms with Crippen LogP contribution in [0.2, 0.25) is 0 Å². The third-order valence-corrected chi connectivity index (χ3v) is 5.53. The van der Waals surface area contributed by atoms with Crippen LogP contribution < -0.4 is 5.73 Å². The van der Waals surface area contributed by atoms with Crippen molar-refractivity contribution in [2.75, 3.05) is 13.2 Å². The first kappa shape index (κ1) is 11.2. The number of nitrogens with zero attached hydrogens (tertiary/aromatic N) is 3. The van der Waals surface area contributed by atoms with E-state index in [2.05, 4.69) is 17.1 Å². The molecule has 0 bridgehead atoms. The van der Waals surface area contributed by atoms with E-state index in [4.69, 9.17) is 15.2 Å². The number of rotatable bonds is 0. The summed E-state index contributed by atoms with van der Waals surface area (Å²) in [5.41, 5.74) is 3.55. The van der Waals surface area contributed by atoms with Gasteiger partial charge in [-0.1, -0.05) is 12.8 Å². The van der Waals surface area contributed by atoms with Gasteiger partial charge in [-0.3, -0.25) is 0 Å². The molecule has 0 amide bonds. The number of hydrogen-bond donors (Lipinski definition) is 1. The van der Waals surface area contributed by atoms with Gasteiger partial charge in [0.25, 0.3) is 5.91 Å². The van der Waals surface area contributed by atoms with Crippen molar-refractivity contribution >= 4 is 5.84 Å². The van der Waals surface area contributed by atoms with Gasteiger partial charge in [0.1, 0.15) is 11.3 Å². The molecular formula is C13H14N4O2. The van der Waals surface area contributed by atoms with Crippen molar-refractivity contribution in [1.29, 1.82) is 10.5 Å². The normalized spacial score (nSPS) is 43.8. The lowest BCUT2D eigenvalue weighted by Crippen LogP contribution is -2.41. The molecule has 2 atom stereocenters. The van der Waals surface area contributed by atoms with Crippen LogP contribution in [0.25, 0.3) is 0 Å². The molecule has 4 aliphatic rings. The first-order chi connectivity index (χ1) is 9.16. The van der Waals surface area contributed by atoms with E-state index in [1.165, 1.54) is 0 Å². The van der Waals surface area contributed by atoms with Crippen molar-refractivity contribution in [3.63, 3.8) is 0 Å². The maximum atomic E-state index is 9.84. The van der Waals surface area contributed by atoms with Gasteiger partial charge in [0.05, 0.1) is 25.4 Å². The molecule has 0 aromatic heterocycles. The van der Waals surface area contributed by atoms with Crippen molar-refractivity contribution in [3.8, 4) is 12.1 Å². The second kappa shape index (κ2) is 2.92. The predicted octanol–water partition coefficient (Wildman–Crippen LogP) is 0.652. The van der Waals surface area contributed by atoms with Gasteiger partial charge in [-0.05, 0) is 12.8 Å². The third kappa shape index (κ3) is 0.745. The van der Waals surface area contributed by atoms with Crippen molar-refractivity contribution in [2.24, 2.45) is 27.0 Å². The summed E-state index contributed by atoms with van der Waals surface area (Å²) in [4.78, 5) is 4.26. The molecule has 2 spiro atoms. The summed E-state index contributed by atoms with van der Waals surface area (Å²) in [5, 5.41) is 19.6. The van der Waals surface area contributed by atoms with Crippen molar-refractivity contribution in [1.82, 2.24) is 0 Å². The fourth-order valence-corrected chi connectivity index (χ4v) is 4.92. The molecule has 2 N–H and O–H groups in total.